The van der Waals surface area contributed by atoms with E-state index in [1.807, 2.05) is 13.8 Å². The Hall–Kier alpha value is -2.43. The number of aromatic amines is 1. The molecular formula is C16H21NO4. The third kappa shape index (κ3) is 3.37. The third-order valence-corrected chi connectivity index (χ3v) is 2.79. The fraction of sp³-hybridized carbons (Fsp3) is 0.312. The van der Waals surface area contributed by atoms with E-state index >= 15 is 0 Å². The average molecular weight is 291 g/mol. The number of hydrogen-bond donors (Lipinski definition) is 1. The van der Waals surface area contributed by atoms with Gasteiger partial charge in [0.25, 0.3) is 0 Å². The van der Waals surface area contributed by atoms with Gasteiger partial charge in [0.1, 0.15) is 0 Å². The molecule has 1 aromatic carbocycles. The molecule has 0 aliphatic heterocycles. The van der Waals surface area contributed by atoms with Gasteiger partial charge in [0.2, 0.25) is 11.5 Å². The summed E-state index contributed by atoms with van der Waals surface area (Å²) in [7, 11) is 4.52. The van der Waals surface area contributed by atoms with E-state index in [0.717, 1.165) is 0 Å². The van der Waals surface area contributed by atoms with Gasteiger partial charge >= 0.3 is 0 Å². The summed E-state index contributed by atoms with van der Waals surface area (Å²) in [5, 5.41) is 0. The Morgan fingerprint density at radius 3 is 2.10 bits per heavy atom. The molecule has 0 atom stereocenters. The Kier molecular flexibility index (Phi) is 6.33. The first-order valence-electron chi connectivity index (χ1n) is 6.70. The molecule has 0 amide bonds. The molecule has 0 bridgehead atoms. The quantitative estimate of drug-likeness (QED) is 0.859. The van der Waals surface area contributed by atoms with Gasteiger partial charge in [-0.2, -0.15) is 0 Å². The summed E-state index contributed by atoms with van der Waals surface area (Å²) in [4.78, 5) is 15.2. The number of nitrogens with one attached hydrogen (secondary N) is 1. The lowest BCUT2D eigenvalue weighted by molar-refractivity contribution is 0.103. The van der Waals surface area contributed by atoms with Gasteiger partial charge in [-0.15, -0.1) is 0 Å². The minimum absolute atomic E-state index is 0.164. The Morgan fingerprint density at radius 1 is 0.952 bits per heavy atom. The topological polar surface area (TPSA) is 60.6 Å². The highest BCUT2D eigenvalue weighted by atomic mass is 16.5. The van der Waals surface area contributed by atoms with Crippen molar-refractivity contribution in [3.05, 3.63) is 41.7 Å². The molecule has 0 saturated heterocycles. The smallest absolute Gasteiger partial charge is 0.213 e. The number of rotatable bonds is 5. The van der Waals surface area contributed by atoms with E-state index in [-0.39, 0.29) is 5.78 Å². The summed E-state index contributed by atoms with van der Waals surface area (Å²) in [6.45, 7) is 4.00. The Morgan fingerprint density at radius 2 is 1.62 bits per heavy atom. The predicted octanol–water partition coefficient (Wildman–Crippen LogP) is 3.30. The van der Waals surface area contributed by atoms with E-state index in [0.29, 0.717) is 28.5 Å². The van der Waals surface area contributed by atoms with Crippen LogP contribution in [0.15, 0.2) is 30.5 Å². The van der Waals surface area contributed by atoms with Crippen molar-refractivity contribution in [2.24, 2.45) is 0 Å². The number of hydrogen-bond acceptors (Lipinski definition) is 4. The highest BCUT2D eigenvalue weighted by Crippen LogP contribution is 2.40. The first-order valence-corrected chi connectivity index (χ1v) is 6.70. The fourth-order valence-electron chi connectivity index (χ4n) is 1.90. The number of aromatic nitrogens is 1. The molecule has 5 heteroatoms. The number of methoxy groups -OCH3 is 3. The van der Waals surface area contributed by atoms with Crippen LogP contribution in [0.2, 0.25) is 0 Å². The first-order chi connectivity index (χ1) is 10.2. The average Bonchev–Trinajstić information content (AvgIpc) is 3.08. The highest BCUT2D eigenvalue weighted by molar-refractivity contribution is 6.10. The minimum atomic E-state index is -0.164. The summed E-state index contributed by atoms with van der Waals surface area (Å²) < 4.78 is 15.7. The lowest BCUT2D eigenvalue weighted by atomic mass is 10.1. The number of benzene rings is 1. The second kappa shape index (κ2) is 7.99. The van der Waals surface area contributed by atoms with E-state index in [9.17, 15) is 4.79 Å². The van der Waals surface area contributed by atoms with Crippen LogP contribution in [0.1, 0.15) is 29.9 Å². The van der Waals surface area contributed by atoms with Crippen LogP contribution in [0, 0.1) is 0 Å². The summed E-state index contributed by atoms with van der Waals surface area (Å²) in [5.41, 5.74) is 0.910. The monoisotopic (exact) mass is 291 g/mol. The number of carbonyl (C=O) groups excluding carboxylic acids is 1. The molecule has 114 valence electrons. The van der Waals surface area contributed by atoms with Crippen LogP contribution < -0.4 is 14.2 Å². The van der Waals surface area contributed by atoms with Gasteiger partial charge in [-0.1, -0.05) is 13.8 Å². The number of carbonyl (C=O) groups is 1. The standard InChI is InChI=1S/C14H15NO4.C2H6/c1-17-11-7-6-9(13(18-2)14(11)19-3)12(16)10-5-4-8-15-10;1-2/h4-8,15H,1-3H3;1-2H3. The largest absolute Gasteiger partial charge is 0.493 e. The van der Waals surface area contributed by atoms with E-state index in [1.54, 1.807) is 30.5 Å². The molecule has 21 heavy (non-hydrogen) atoms. The molecule has 1 N–H and O–H groups in total. The van der Waals surface area contributed by atoms with Crippen molar-refractivity contribution in [2.75, 3.05) is 21.3 Å². The zero-order chi connectivity index (χ0) is 15.8. The maximum Gasteiger partial charge on any atom is 0.213 e. The van der Waals surface area contributed by atoms with E-state index in [1.165, 1.54) is 21.3 Å². The van der Waals surface area contributed by atoms with Gasteiger partial charge in [-0.3, -0.25) is 4.79 Å². The van der Waals surface area contributed by atoms with Gasteiger partial charge in [-0.25, -0.2) is 0 Å². The SMILES string of the molecule is CC.COc1ccc(C(=O)c2ccc[nH]2)c(OC)c1OC. The van der Waals surface area contributed by atoms with E-state index in [4.69, 9.17) is 14.2 Å². The third-order valence-electron chi connectivity index (χ3n) is 2.79. The first kappa shape index (κ1) is 16.6. The fourth-order valence-corrected chi connectivity index (χ4v) is 1.90. The summed E-state index contributed by atoms with van der Waals surface area (Å²) >= 11 is 0. The lowest BCUT2D eigenvalue weighted by Crippen LogP contribution is -2.06. The molecule has 0 unspecified atom stereocenters. The van der Waals surface area contributed by atoms with Gasteiger partial charge < -0.3 is 19.2 Å². The number of H-pyrrole nitrogens is 1. The van der Waals surface area contributed by atoms with Crippen molar-refractivity contribution < 1.29 is 19.0 Å². The maximum absolute atomic E-state index is 12.3. The normalized spacial score (nSPS) is 9.38. The zero-order valence-corrected chi connectivity index (χ0v) is 13.0. The van der Waals surface area contributed by atoms with Crippen molar-refractivity contribution in [1.82, 2.24) is 4.98 Å². The molecular weight excluding hydrogens is 270 g/mol. The molecule has 1 heterocycles. The Balaban J connectivity index is 0.00000106. The molecule has 0 spiro atoms. The van der Waals surface area contributed by atoms with Crippen molar-refractivity contribution in [1.29, 1.82) is 0 Å². The molecule has 0 radical (unpaired) electrons. The van der Waals surface area contributed by atoms with Crippen LogP contribution in [-0.4, -0.2) is 32.1 Å². The maximum atomic E-state index is 12.3. The van der Waals surface area contributed by atoms with Crippen LogP contribution in [0.5, 0.6) is 17.2 Å². The van der Waals surface area contributed by atoms with Gasteiger partial charge in [0.15, 0.2) is 11.5 Å². The molecule has 2 rings (SSSR count). The van der Waals surface area contributed by atoms with Crippen molar-refractivity contribution >= 4 is 5.78 Å². The Bertz CT molecular complexity index is 576. The second-order valence-corrected chi connectivity index (χ2v) is 3.79. The molecule has 0 aliphatic carbocycles. The zero-order valence-electron chi connectivity index (χ0n) is 13.0. The molecule has 0 saturated carbocycles. The molecule has 5 nitrogen and oxygen atoms in total. The lowest BCUT2D eigenvalue weighted by Gasteiger charge is -2.14. The molecule has 0 aliphatic rings. The predicted molar refractivity (Wildman–Crippen MR) is 81.7 cm³/mol. The highest BCUT2D eigenvalue weighted by Gasteiger charge is 2.21. The van der Waals surface area contributed by atoms with E-state index in [2.05, 4.69) is 4.98 Å². The van der Waals surface area contributed by atoms with Crippen LogP contribution in [-0.2, 0) is 0 Å². The van der Waals surface area contributed by atoms with Crippen LogP contribution in [0.3, 0.4) is 0 Å². The number of ether oxygens (including phenoxy) is 3. The summed E-state index contributed by atoms with van der Waals surface area (Å²) in [6, 6.07) is 6.81. The molecule has 1 aromatic heterocycles. The Labute approximate surface area is 124 Å². The van der Waals surface area contributed by atoms with Crippen molar-refractivity contribution in [2.45, 2.75) is 13.8 Å². The molecule has 2 aromatic rings. The van der Waals surface area contributed by atoms with Gasteiger partial charge in [-0.05, 0) is 24.3 Å². The minimum Gasteiger partial charge on any atom is -0.493 e. The van der Waals surface area contributed by atoms with Crippen molar-refractivity contribution in [3.8, 4) is 17.2 Å². The van der Waals surface area contributed by atoms with Crippen LogP contribution >= 0.6 is 0 Å². The molecule has 0 fully saturated rings. The van der Waals surface area contributed by atoms with Crippen LogP contribution in [0.25, 0.3) is 0 Å². The van der Waals surface area contributed by atoms with Gasteiger partial charge in [0.05, 0.1) is 32.6 Å². The second-order valence-electron chi connectivity index (χ2n) is 3.79. The van der Waals surface area contributed by atoms with Gasteiger partial charge in [0, 0.05) is 6.20 Å². The number of ketones is 1. The summed E-state index contributed by atoms with van der Waals surface area (Å²) in [5.74, 6) is 1.12. The summed E-state index contributed by atoms with van der Waals surface area (Å²) in [6.07, 6.45) is 1.69. The van der Waals surface area contributed by atoms with E-state index < -0.39 is 0 Å². The van der Waals surface area contributed by atoms with Crippen LogP contribution in [0.4, 0.5) is 0 Å². The van der Waals surface area contributed by atoms with Crippen molar-refractivity contribution in [3.63, 3.8) is 0 Å².